The third kappa shape index (κ3) is 1.42. The zero-order valence-corrected chi connectivity index (χ0v) is 9.10. The molecule has 1 heterocycles. The number of nitrogens with two attached hydrogens (primary N) is 1. The molecule has 1 aromatic carbocycles. The van der Waals surface area contributed by atoms with Crippen molar-refractivity contribution in [2.45, 2.75) is 31.4 Å². The van der Waals surface area contributed by atoms with Crippen molar-refractivity contribution in [3.05, 3.63) is 29.7 Å². The number of hydrogen-bond acceptors (Lipinski definition) is 4. The predicted octanol–water partition coefficient (Wildman–Crippen LogP) is 1.66. The first kappa shape index (κ1) is 9.81. The third-order valence-electron chi connectivity index (χ3n) is 3.21. The molecule has 0 aliphatic heterocycles. The topological polar surface area (TPSA) is 72.3 Å². The monoisotopic (exact) mass is 218 g/mol. The first-order valence-electron chi connectivity index (χ1n) is 5.42. The molecule has 1 saturated carbocycles. The SMILES string of the molecule is Cc1nc2cc(C(O)C3(N)CC3)ccc2o1. The molecule has 1 unspecified atom stereocenters. The Morgan fingerprint density at radius 3 is 2.94 bits per heavy atom. The van der Waals surface area contributed by atoms with Gasteiger partial charge in [0.05, 0.1) is 6.10 Å². The van der Waals surface area contributed by atoms with Crippen molar-refractivity contribution < 1.29 is 9.52 Å². The number of hydrogen-bond donors (Lipinski definition) is 2. The summed E-state index contributed by atoms with van der Waals surface area (Å²) >= 11 is 0. The Balaban J connectivity index is 2.04. The number of aliphatic hydroxyl groups excluding tert-OH is 1. The van der Waals surface area contributed by atoms with Crippen LogP contribution < -0.4 is 5.73 Å². The van der Waals surface area contributed by atoms with E-state index in [4.69, 9.17) is 10.2 Å². The fourth-order valence-corrected chi connectivity index (χ4v) is 1.98. The summed E-state index contributed by atoms with van der Waals surface area (Å²) in [6.07, 6.45) is 1.16. The molecular weight excluding hydrogens is 204 g/mol. The van der Waals surface area contributed by atoms with E-state index in [2.05, 4.69) is 4.98 Å². The summed E-state index contributed by atoms with van der Waals surface area (Å²) in [5, 5.41) is 10.1. The number of oxazole rings is 1. The summed E-state index contributed by atoms with van der Waals surface area (Å²) in [4.78, 5) is 4.24. The van der Waals surface area contributed by atoms with Gasteiger partial charge in [0.1, 0.15) is 5.52 Å². The molecule has 0 amide bonds. The molecule has 1 fully saturated rings. The largest absolute Gasteiger partial charge is 0.441 e. The highest BCUT2D eigenvalue weighted by atomic mass is 16.3. The number of fused-ring (bicyclic) bond motifs is 1. The van der Waals surface area contributed by atoms with Gasteiger partial charge in [-0.2, -0.15) is 0 Å². The average molecular weight is 218 g/mol. The van der Waals surface area contributed by atoms with Crippen LogP contribution in [0.3, 0.4) is 0 Å². The third-order valence-corrected chi connectivity index (χ3v) is 3.21. The molecule has 0 saturated heterocycles. The Bertz CT molecular complexity index is 543. The molecule has 1 atom stereocenters. The van der Waals surface area contributed by atoms with Gasteiger partial charge >= 0.3 is 0 Å². The number of aromatic nitrogens is 1. The standard InChI is InChI=1S/C12H14N2O2/c1-7-14-9-6-8(2-3-10(9)16-7)11(15)12(13)4-5-12/h2-3,6,11,15H,4-5,13H2,1H3. The summed E-state index contributed by atoms with van der Waals surface area (Å²) in [6.45, 7) is 1.81. The minimum absolute atomic E-state index is 0.424. The van der Waals surface area contributed by atoms with Crippen LogP contribution in [0.15, 0.2) is 22.6 Å². The van der Waals surface area contributed by atoms with Gasteiger partial charge in [-0.15, -0.1) is 0 Å². The maximum atomic E-state index is 10.1. The van der Waals surface area contributed by atoms with Crippen molar-refractivity contribution in [3.63, 3.8) is 0 Å². The molecule has 0 bridgehead atoms. The Labute approximate surface area is 93.1 Å². The molecule has 0 radical (unpaired) electrons. The van der Waals surface area contributed by atoms with Crippen LogP contribution >= 0.6 is 0 Å². The zero-order valence-electron chi connectivity index (χ0n) is 9.10. The summed E-state index contributed by atoms with van der Waals surface area (Å²) in [6, 6.07) is 5.54. The van der Waals surface area contributed by atoms with E-state index < -0.39 is 11.6 Å². The minimum Gasteiger partial charge on any atom is -0.441 e. The second-order valence-corrected chi connectivity index (χ2v) is 4.60. The van der Waals surface area contributed by atoms with E-state index >= 15 is 0 Å². The Morgan fingerprint density at radius 2 is 2.25 bits per heavy atom. The maximum Gasteiger partial charge on any atom is 0.192 e. The van der Waals surface area contributed by atoms with E-state index in [0.29, 0.717) is 5.89 Å². The minimum atomic E-state index is -0.603. The van der Waals surface area contributed by atoms with Gasteiger partial charge < -0.3 is 15.3 Å². The normalized spacial score (nSPS) is 19.9. The zero-order chi connectivity index (χ0) is 11.3. The second kappa shape index (κ2) is 3.06. The van der Waals surface area contributed by atoms with Crippen LogP contribution in [0.25, 0.3) is 11.1 Å². The molecule has 3 rings (SSSR count). The van der Waals surface area contributed by atoms with Crippen molar-refractivity contribution in [1.29, 1.82) is 0 Å². The van der Waals surface area contributed by atoms with Gasteiger partial charge in [0.2, 0.25) is 0 Å². The number of rotatable bonds is 2. The van der Waals surface area contributed by atoms with Gasteiger partial charge in [-0.3, -0.25) is 0 Å². The highest BCUT2D eigenvalue weighted by Gasteiger charge is 2.45. The van der Waals surface area contributed by atoms with Crippen LogP contribution in [0.4, 0.5) is 0 Å². The Morgan fingerprint density at radius 1 is 1.50 bits per heavy atom. The molecule has 0 spiro atoms. The lowest BCUT2D eigenvalue weighted by Crippen LogP contribution is -2.30. The molecule has 3 N–H and O–H groups in total. The van der Waals surface area contributed by atoms with Crippen molar-refractivity contribution in [3.8, 4) is 0 Å². The van der Waals surface area contributed by atoms with Crippen LogP contribution in [0.2, 0.25) is 0 Å². The molecule has 1 aliphatic rings. The maximum absolute atomic E-state index is 10.1. The van der Waals surface area contributed by atoms with Crippen LogP contribution in [0, 0.1) is 6.92 Å². The summed E-state index contributed by atoms with van der Waals surface area (Å²) in [5.74, 6) is 0.635. The van der Waals surface area contributed by atoms with Crippen molar-refractivity contribution in [2.75, 3.05) is 0 Å². The summed E-state index contributed by atoms with van der Waals surface area (Å²) < 4.78 is 5.38. The van der Waals surface area contributed by atoms with E-state index in [0.717, 1.165) is 29.5 Å². The van der Waals surface area contributed by atoms with Crippen LogP contribution in [-0.2, 0) is 0 Å². The van der Waals surface area contributed by atoms with Gasteiger partial charge in [0.25, 0.3) is 0 Å². The quantitative estimate of drug-likeness (QED) is 0.804. The van der Waals surface area contributed by atoms with E-state index in [9.17, 15) is 5.11 Å². The summed E-state index contributed by atoms with van der Waals surface area (Å²) in [5.41, 5.74) is 7.90. The lowest BCUT2D eigenvalue weighted by atomic mass is 10.0. The fraction of sp³-hybridized carbons (Fsp3) is 0.417. The van der Waals surface area contributed by atoms with Crippen molar-refractivity contribution in [2.24, 2.45) is 5.73 Å². The van der Waals surface area contributed by atoms with Gasteiger partial charge in [0, 0.05) is 12.5 Å². The van der Waals surface area contributed by atoms with Gasteiger partial charge in [-0.25, -0.2) is 4.98 Å². The van der Waals surface area contributed by atoms with E-state index in [1.807, 2.05) is 18.2 Å². The van der Waals surface area contributed by atoms with Crippen molar-refractivity contribution >= 4 is 11.1 Å². The molecule has 4 nitrogen and oxygen atoms in total. The number of nitrogens with zero attached hydrogens (tertiary/aromatic N) is 1. The first-order valence-corrected chi connectivity index (χ1v) is 5.42. The lowest BCUT2D eigenvalue weighted by Gasteiger charge is -2.17. The van der Waals surface area contributed by atoms with Gasteiger partial charge in [-0.1, -0.05) is 6.07 Å². The lowest BCUT2D eigenvalue weighted by molar-refractivity contribution is 0.136. The highest BCUT2D eigenvalue weighted by Crippen LogP contribution is 2.43. The number of aryl methyl sites for hydroxylation is 1. The predicted molar refractivity (Wildman–Crippen MR) is 59.9 cm³/mol. The molecule has 1 aliphatic carbocycles. The Kier molecular flexibility index (Phi) is 1.87. The smallest absolute Gasteiger partial charge is 0.192 e. The molecule has 16 heavy (non-hydrogen) atoms. The molecule has 2 aromatic rings. The number of benzene rings is 1. The van der Waals surface area contributed by atoms with E-state index in [1.54, 1.807) is 6.92 Å². The van der Waals surface area contributed by atoms with E-state index in [1.165, 1.54) is 0 Å². The van der Waals surface area contributed by atoms with Crippen molar-refractivity contribution in [1.82, 2.24) is 4.98 Å². The van der Waals surface area contributed by atoms with Crippen LogP contribution in [0.5, 0.6) is 0 Å². The molecule has 1 aromatic heterocycles. The second-order valence-electron chi connectivity index (χ2n) is 4.60. The number of aliphatic hydroxyl groups is 1. The van der Waals surface area contributed by atoms with Gasteiger partial charge in [-0.05, 0) is 30.5 Å². The highest BCUT2D eigenvalue weighted by molar-refractivity contribution is 5.73. The van der Waals surface area contributed by atoms with Crippen LogP contribution in [0.1, 0.15) is 30.4 Å². The molecule has 84 valence electrons. The first-order chi connectivity index (χ1) is 7.58. The van der Waals surface area contributed by atoms with Gasteiger partial charge in [0.15, 0.2) is 11.5 Å². The average Bonchev–Trinajstić information content (AvgIpc) is 2.89. The molecular formula is C12H14N2O2. The fourth-order valence-electron chi connectivity index (χ4n) is 1.98. The van der Waals surface area contributed by atoms with Crippen LogP contribution in [-0.4, -0.2) is 15.6 Å². The molecule has 4 heteroatoms. The summed E-state index contributed by atoms with van der Waals surface area (Å²) in [7, 11) is 0. The Hall–Kier alpha value is -1.39. The van der Waals surface area contributed by atoms with E-state index in [-0.39, 0.29) is 0 Å².